The molecule has 1 atom stereocenters. The van der Waals surface area contributed by atoms with E-state index >= 15 is 0 Å². The van der Waals surface area contributed by atoms with Gasteiger partial charge in [0, 0.05) is 29.4 Å². The van der Waals surface area contributed by atoms with Crippen molar-refractivity contribution in [3.05, 3.63) is 85.8 Å². The lowest BCUT2D eigenvalue weighted by Gasteiger charge is -2.43. The van der Waals surface area contributed by atoms with Crippen LogP contribution in [-0.2, 0) is 4.79 Å². The van der Waals surface area contributed by atoms with Crippen LogP contribution in [0.1, 0.15) is 38.2 Å². The standard InChI is InChI=1S/C25H20ClF3N4O4/c1-24(2)10-19-22(20(34)11-24)21(13-3-8-17(26)18(9-13)33(35)36)16(12-30)23(31)32(19)14-4-6-15(7-5-14)37-25(27,28)29/h3-9,21H,10-11,31H2,1-2H3. The van der Waals surface area contributed by atoms with Crippen LogP contribution >= 0.6 is 11.6 Å². The van der Waals surface area contributed by atoms with Crippen molar-refractivity contribution >= 4 is 28.8 Å². The molecule has 2 N–H and O–H groups in total. The third kappa shape index (κ3) is 4.97. The summed E-state index contributed by atoms with van der Waals surface area (Å²) in [4.78, 5) is 25.8. The minimum atomic E-state index is -4.87. The molecule has 0 fully saturated rings. The summed E-state index contributed by atoms with van der Waals surface area (Å²) in [5.41, 5.74) is 6.89. The van der Waals surface area contributed by atoms with Gasteiger partial charge in [-0.15, -0.1) is 13.2 Å². The zero-order valence-electron chi connectivity index (χ0n) is 19.6. The lowest BCUT2D eigenvalue weighted by atomic mass is 9.68. The van der Waals surface area contributed by atoms with Gasteiger partial charge >= 0.3 is 6.36 Å². The van der Waals surface area contributed by atoms with Gasteiger partial charge in [0.25, 0.3) is 5.69 Å². The zero-order valence-corrected chi connectivity index (χ0v) is 20.4. The van der Waals surface area contributed by atoms with Gasteiger partial charge in [-0.3, -0.25) is 19.8 Å². The summed E-state index contributed by atoms with van der Waals surface area (Å²) in [7, 11) is 0. The molecule has 2 aromatic carbocycles. The predicted molar refractivity (Wildman–Crippen MR) is 128 cm³/mol. The van der Waals surface area contributed by atoms with Crippen molar-refractivity contribution in [1.29, 1.82) is 5.26 Å². The van der Waals surface area contributed by atoms with Gasteiger partial charge in [-0.05, 0) is 47.7 Å². The molecule has 2 aliphatic rings. The van der Waals surface area contributed by atoms with Crippen molar-refractivity contribution in [1.82, 2.24) is 0 Å². The molecule has 192 valence electrons. The monoisotopic (exact) mass is 532 g/mol. The summed E-state index contributed by atoms with van der Waals surface area (Å²) in [6.07, 6.45) is -4.37. The Morgan fingerprint density at radius 2 is 1.86 bits per heavy atom. The molecule has 1 aliphatic carbocycles. The number of nitro benzene ring substituents is 1. The van der Waals surface area contributed by atoms with E-state index in [9.17, 15) is 33.3 Å². The predicted octanol–water partition coefficient (Wildman–Crippen LogP) is 6.09. The van der Waals surface area contributed by atoms with E-state index in [-0.39, 0.29) is 39.9 Å². The number of hydrogen-bond acceptors (Lipinski definition) is 7. The first-order valence-electron chi connectivity index (χ1n) is 11.0. The van der Waals surface area contributed by atoms with Gasteiger partial charge in [0.2, 0.25) is 0 Å². The molecular weight excluding hydrogens is 513 g/mol. The summed E-state index contributed by atoms with van der Waals surface area (Å²) in [6.45, 7) is 3.77. The third-order valence-corrected chi connectivity index (χ3v) is 6.53. The van der Waals surface area contributed by atoms with E-state index in [1.54, 1.807) is 0 Å². The Bertz CT molecular complexity index is 1410. The van der Waals surface area contributed by atoms with Crippen LogP contribution in [0.2, 0.25) is 5.02 Å². The number of hydrogen-bond donors (Lipinski definition) is 1. The number of benzene rings is 2. The second-order valence-electron chi connectivity index (χ2n) is 9.49. The molecule has 0 radical (unpaired) electrons. The first-order valence-corrected chi connectivity index (χ1v) is 11.4. The highest BCUT2D eigenvalue weighted by molar-refractivity contribution is 6.32. The maximum atomic E-state index is 13.5. The van der Waals surface area contributed by atoms with Crippen molar-refractivity contribution in [3.63, 3.8) is 0 Å². The number of nitrogens with zero attached hydrogens (tertiary/aromatic N) is 3. The van der Waals surface area contributed by atoms with Crippen LogP contribution in [0.5, 0.6) is 5.75 Å². The number of carbonyl (C=O) groups excluding carboxylic acids is 1. The van der Waals surface area contributed by atoms with Gasteiger partial charge < -0.3 is 10.5 Å². The summed E-state index contributed by atoms with van der Waals surface area (Å²) < 4.78 is 41.8. The maximum absolute atomic E-state index is 13.5. The molecule has 0 spiro atoms. The normalized spacial score (nSPS) is 19.4. The Morgan fingerprint density at radius 3 is 2.43 bits per heavy atom. The van der Waals surface area contributed by atoms with Crippen molar-refractivity contribution in [2.75, 3.05) is 4.90 Å². The smallest absolute Gasteiger partial charge is 0.406 e. The Balaban J connectivity index is 1.92. The molecule has 0 saturated heterocycles. The van der Waals surface area contributed by atoms with Gasteiger partial charge in [0.05, 0.1) is 22.5 Å². The van der Waals surface area contributed by atoms with Crippen molar-refractivity contribution < 1.29 is 27.6 Å². The number of ketones is 1. The molecule has 2 aromatic rings. The number of ether oxygens (including phenoxy) is 1. The third-order valence-electron chi connectivity index (χ3n) is 6.21. The lowest BCUT2D eigenvalue weighted by molar-refractivity contribution is -0.384. The second kappa shape index (κ2) is 9.12. The van der Waals surface area contributed by atoms with Crippen LogP contribution in [0.4, 0.5) is 24.5 Å². The van der Waals surface area contributed by atoms with Gasteiger partial charge in [-0.2, -0.15) is 5.26 Å². The highest BCUT2D eigenvalue weighted by Crippen LogP contribution is 2.50. The highest BCUT2D eigenvalue weighted by Gasteiger charge is 2.45. The van der Waals surface area contributed by atoms with Gasteiger partial charge in [0.1, 0.15) is 16.6 Å². The molecule has 1 heterocycles. The van der Waals surface area contributed by atoms with Gasteiger partial charge in [-0.1, -0.05) is 31.5 Å². The van der Waals surface area contributed by atoms with E-state index in [0.717, 1.165) is 12.1 Å². The molecular formula is C25H20ClF3N4O4. The molecule has 4 rings (SSSR count). The van der Waals surface area contributed by atoms with E-state index in [0.29, 0.717) is 23.4 Å². The summed E-state index contributed by atoms with van der Waals surface area (Å²) in [6, 6.07) is 11.0. The van der Waals surface area contributed by atoms with Crippen LogP contribution in [0, 0.1) is 26.9 Å². The maximum Gasteiger partial charge on any atom is 0.573 e. The summed E-state index contributed by atoms with van der Waals surface area (Å²) in [5.74, 6) is -1.74. The molecule has 37 heavy (non-hydrogen) atoms. The Labute approximate surface area is 214 Å². The number of carbonyl (C=O) groups is 1. The number of halogens is 4. The Kier molecular flexibility index (Phi) is 6.42. The average Bonchev–Trinajstić information content (AvgIpc) is 2.77. The van der Waals surface area contributed by atoms with Crippen LogP contribution in [0.3, 0.4) is 0 Å². The number of nitriles is 1. The molecule has 1 unspecified atom stereocenters. The van der Waals surface area contributed by atoms with Gasteiger partial charge in [-0.25, -0.2) is 0 Å². The zero-order chi connectivity index (χ0) is 27.3. The van der Waals surface area contributed by atoms with Crippen LogP contribution < -0.4 is 15.4 Å². The fraction of sp³-hybridized carbons (Fsp3) is 0.280. The molecule has 8 nitrogen and oxygen atoms in total. The number of nitrogens with two attached hydrogens (primary N) is 1. The lowest BCUT2D eigenvalue weighted by Crippen LogP contribution is -2.42. The number of Topliss-reactive ketones (excluding diaryl/α,β-unsaturated/α-hetero) is 1. The van der Waals surface area contributed by atoms with E-state index in [1.165, 1.54) is 35.2 Å². The van der Waals surface area contributed by atoms with Crippen molar-refractivity contribution in [2.45, 2.75) is 39.0 Å². The minimum Gasteiger partial charge on any atom is -0.406 e. The van der Waals surface area contributed by atoms with E-state index < -0.39 is 28.4 Å². The number of nitro groups is 1. The number of rotatable bonds is 4. The minimum absolute atomic E-state index is 0.0287. The molecule has 0 saturated carbocycles. The quantitative estimate of drug-likeness (QED) is 0.373. The Morgan fingerprint density at radius 1 is 1.22 bits per heavy atom. The SMILES string of the molecule is CC1(C)CC(=O)C2=C(C1)N(c1ccc(OC(F)(F)F)cc1)C(N)=C(C#N)C2c1ccc(Cl)c([N+](=O)[O-])c1. The van der Waals surface area contributed by atoms with Crippen LogP contribution in [0.25, 0.3) is 0 Å². The average molecular weight is 533 g/mol. The number of anilines is 1. The molecule has 0 bridgehead atoms. The van der Waals surface area contributed by atoms with E-state index in [1.807, 2.05) is 19.9 Å². The van der Waals surface area contributed by atoms with Crippen molar-refractivity contribution in [2.24, 2.45) is 11.1 Å². The van der Waals surface area contributed by atoms with E-state index in [4.69, 9.17) is 17.3 Å². The first-order chi connectivity index (χ1) is 17.2. The molecule has 1 aliphatic heterocycles. The van der Waals surface area contributed by atoms with Crippen LogP contribution in [0.15, 0.2) is 65.1 Å². The second-order valence-corrected chi connectivity index (χ2v) is 9.90. The summed E-state index contributed by atoms with van der Waals surface area (Å²) in [5, 5.41) is 21.5. The van der Waals surface area contributed by atoms with Gasteiger partial charge in [0.15, 0.2) is 5.78 Å². The summed E-state index contributed by atoms with van der Waals surface area (Å²) >= 11 is 5.98. The first kappa shape index (κ1) is 26.0. The van der Waals surface area contributed by atoms with Crippen LogP contribution in [-0.4, -0.2) is 17.1 Å². The fourth-order valence-corrected chi connectivity index (χ4v) is 4.97. The largest absolute Gasteiger partial charge is 0.573 e. The highest BCUT2D eigenvalue weighted by atomic mass is 35.5. The fourth-order valence-electron chi connectivity index (χ4n) is 4.78. The molecule has 12 heteroatoms. The number of allylic oxidation sites excluding steroid dienone is 3. The topological polar surface area (TPSA) is 122 Å². The number of alkyl halides is 3. The van der Waals surface area contributed by atoms with E-state index in [2.05, 4.69) is 4.74 Å². The van der Waals surface area contributed by atoms with Crippen molar-refractivity contribution in [3.8, 4) is 11.8 Å². The molecule has 0 amide bonds. The molecule has 0 aromatic heterocycles. The Hall–Kier alpha value is -4.04.